The third kappa shape index (κ3) is 3.01. The van der Waals surface area contributed by atoms with Crippen molar-refractivity contribution in [1.29, 1.82) is 0 Å². The summed E-state index contributed by atoms with van der Waals surface area (Å²) in [6.07, 6.45) is 3.42. The van der Waals surface area contributed by atoms with Gasteiger partial charge in [-0.15, -0.1) is 11.6 Å². The van der Waals surface area contributed by atoms with Crippen LogP contribution in [0.1, 0.15) is 0 Å². The van der Waals surface area contributed by atoms with Crippen LogP contribution in [0.4, 0.5) is 5.69 Å². The Morgan fingerprint density at radius 3 is 2.41 bits per heavy atom. The number of aliphatic imine (C=N–C) groups is 1. The largest absolute Gasteiger partial charge is 0.386 e. The summed E-state index contributed by atoms with van der Waals surface area (Å²) in [6.45, 7) is 0. The van der Waals surface area contributed by atoms with E-state index < -0.39 is 0 Å². The first-order valence-corrected chi connectivity index (χ1v) is 5.59. The Labute approximate surface area is 104 Å². The third-order valence-corrected chi connectivity index (χ3v) is 2.37. The van der Waals surface area contributed by atoms with Crippen molar-refractivity contribution in [1.82, 2.24) is 9.97 Å². The van der Waals surface area contributed by atoms with Gasteiger partial charge in [-0.25, -0.2) is 15.0 Å². The van der Waals surface area contributed by atoms with Gasteiger partial charge in [-0.1, -0.05) is 0 Å². The molecule has 0 fully saturated rings. The maximum Gasteiger partial charge on any atom is 0.159 e. The Kier molecular flexibility index (Phi) is 3.67. The monoisotopic (exact) mass is 246 g/mol. The topological polar surface area (TPSA) is 64.2 Å². The van der Waals surface area contributed by atoms with Crippen molar-refractivity contribution in [3.63, 3.8) is 0 Å². The molecule has 2 N–H and O–H groups in total. The molecule has 1 aromatic heterocycles. The zero-order valence-corrected chi connectivity index (χ0v) is 9.80. The minimum absolute atomic E-state index is 0.226. The number of amidine groups is 1. The molecule has 0 unspecified atom stereocenters. The van der Waals surface area contributed by atoms with Crippen molar-refractivity contribution in [2.24, 2.45) is 10.7 Å². The fraction of sp³-hybridized carbons (Fsp3) is 0.0833. The van der Waals surface area contributed by atoms with Crippen molar-refractivity contribution in [2.75, 3.05) is 5.88 Å². The molecular weight excluding hydrogens is 236 g/mol. The summed E-state index contributed by atoms with van der Waals surface area (Å²) < 4.78 is 0. The molecule has 0 aliphatic carbocycles. The highest BCUT2D eigenvalue weighted by Crippen LogP contribution is 2.19. The Bertz CT molecular complexity index is 508. The molecule has 2 rings (SSSR count). The van der Waals surface area contributed by atoms with Crippen molar-refractivity contribution < 1.29 is 0 Å². The molecule has 0 atom stereocenters. The number of halogens is 1. The summed E-state index contributed by atoms with van der Waals surface area (Å²) in [4.78, 5) is 12.5. The molecule has 0 radical (unpaired) electrons. The molecule has 0 aliphatic heterocycles. The SMILES string of the molecule is NC(CCl)=Nc1ccc(-c2ncccn2)cc1. The molecule has 0 saturated heterocycles. The van der Waals surface area contributed by atoms with Crippen molar-refractivity contribution in [3.8, 4) is 11.4 Å². The molecule has 17 heavy (non-hydrogen) atoms. The van der Waals surface area contributed by atoms with Gasteiger partial charge >= 0.3 is 0 Å². The van der Waals surface area contributed by atoms with E-state index in [-0.39, 0.29) is 5.88 Å². The normalized spacial score (nSPS) is 11.5. The van der Waals surface area contributed by atoms with Gasteiger partial charge in [0.15, 0.2) is 5.82 Å². The highest BCUT2D eigenvalue weighted by Gasteiger charge is 1.99. The third-order valence-electron chi connectivity index (χ3n) is 2.10. The van der Waals surface area contributed by atoms with Gasteiger partial charge in [0.1, 0.15) is 5.84 Å². The number of alkyl halides is 1. The van der Waals surface area contributed by atoms with Crippen LogP contribution in [0.2, 0.25) is 0 Å². The van der Waals surface area contributed by atoms with E-state index in [1.54, 1.807) is 18.5 Å². The molecule has 1 heterocycles. The summed E-state index contributed by atoms with van der Waals surface area (Å²) in [6, 6.07) is 9.28. The molecule has 86 valence electrons. The first kappa shape index (κ1) is 11.5. The molecule has 5 heteroatoms. The standard InChI is InChI=1S/C12H11ClN4/c13-8-11(14)17-10-4-2-9(3-5-10)12-15-6-1-7-16-12/h1-7H,8H2,(H2,14,17). The molecule has 2 aromatic rings. The first-order valence-electron chi connectivity index (χ1n) is 5.06. The van der Waals surface area contributed by atoms with Crippen molar-refractivity contribution >= 4 is 23.1 Å². The zero-order valence-electron chi connectivity index (χ0n) is 9.05. The van der Waals surface area contributed by atoms with Crippen LogP contribution in [0.15, 0.2) is 47.7 Å². The minimum Gasteiger partial charge on any atom is -0.386 e. The number of nitrogens with two attached hydrogens (primary N) is 1. The summed E-state index contributed by atoms with van der Waals surface area (Å²) >= 11 is 5.55. The van der Waals surface area contributed by atoms with E-state index in [0.717, 1.165) is 11.3 Å². The van der Waals surface area contributed by atoms with E-state index in [4.69, 9.17) is 17.3 Å². The number of nitrogens with zero attached hydrogens (tertiary/aromatic N) is 3. The number of hydrogen-bond donors (Lipinski definition) is 1. The molecule has 0 aliphatic rings. The predicted molar refractivity (Wildman–Crippen MR) is 69.5 cm³/mol. The van der Waals surface area contributed by atoms with Gasteiger partial charge in [-0.3, -0.25) is 0 Å². The van der Waals surface area contributed by atoms with E-state index in [1.807, 2.05) is 24.3 Å². The summed E-state index contributed by atoms with van der Waals surface area (Å²) in [5.41, 5.74) is 7.25. The second-order valence-electron chi connectivity index (χ2n) is 3.36. The van der Waals surface area contributed by atoms with Crippen LogP contribution in [0.3, 0.4) is 0 Å². The van der Waals surface area contributed by atoms with Gasteiger partial charge in [-0.2, -0.15) is 0 Å². The molecular formula is C12H11ClN4. The summed E-state index contributed by atoms with van der Waals surface area (Å²) in [7, 11) is 0. The van der Waals surface area contributed by atoms with Crippen molar-refractivity contribution in [3.05, 3.63) is 42.7 Å². The lowest BCUT2D eigenvalue weighted by atomic mass is 10.2. The van der Waals surface area contributed by atoms with Gasteiger partial charge in [0.2, 0.25) is 0 Å². The second-order valence-corrected chi connectivity index (χ2v) is 3.62. The lowest BCUT2D eigenvalue weighted by Gasteiger charge is -2.00. The maximum absolute atomic E-state index is 5.55. The Morgan fingerprint density at radius 1 is 1.18 bits per heavy atom. The maximum atomic E-state index is 5.55. The average molecular weight is 247 g/mol. The van der Waals surface area contributed by atoms with Gasteiger partial charge in [0, 0.05) is 18.0 Å². The number of hydrogen-bond acceptors (Lipinski definition) is 3. The fourth-order valence-corrected chi connectivity index (χ4v) is 1.39. The zero-order chi connectivity index (χ0) is 12.1. The van der Waals surface area contributed by atoms with Crippen LogP contribution in [0, 0.1) is 0 Å². The Balaban J connectivity index is 2.25. The van der Waals surface area contributed by atoms with Crippen molar-refractivity contribution in [2.45, 2.75) is 0 Å². The van der Waals surface area contributed by atoms with Gasteiger partial charge in [0.05, 0.1) is 11.6 Å². The van der Waals surface area contributed by atoms with Gasteiger partial charge in [-0.05, 0) is 30.3 Å². The molecule has 4 nitrogen and oxygen atoms in total. The van der Waals surface area contributed by atoms with E-state index in [1.165, 1.54) is 0 Å². The number of benzene rings is 1. The smallest absolute Gasteiger partial charge is 0.159 e. The summed E-state index contributed by atoms with van der Waals surface area (Å²) in [5.74, 6) is 1.31. The Hall–Kier alpha value is -1.94. The molecule has 0 amide bonds. The predicted octanol–water partition coefficient (Wildman–Crippen LogP) is 2.37. The summed E-state index contributed by atoms with van der Waals surface area (Å²) in [5, 5.41) is 0. The minimum atomic E-state index is 0.226. The second kappa shape index (κ2) is 5.41. The molecule has 0 spiro atoms. The number of aromatic nitrogens is 2. The van der Waals surface area contributed by atoms with E-state index in [9.17, 15) is 0 Å². The van der Waals surface area contributed by atoms with Gasteiger partial charge < -0.3 is 5.73 Å². The Morgan fingerprint density at radius 2 is 1.82 bits per heavy atom. The lowest BCUT2D eigenvalue weighted by molar-refractivity contribution is 1.18. The van der Waals surface area contributed by atoms with Gasteiger partial charge in [0.25, 0.3) is 0 Å². The van der Waals surface area contributed by atoms with Crippen LogP contribution in [0.25, 0.3) is 11.4 Å². The van der Waals surface area contributed by atoms with E-state index >= 15 is 0 Å². The lowest BCUT2D eigenvalue weighted by Crippen LogP contribution is -2.12. The highest BCUT2D eigenvalue weighted by molar-refractivity contribution is 6.28. The van der Waals surface area contributed by atoms with E-state index in [0.29, 0.717) is 11.7 Å². The van der Waals surface area contributed by atoms with E-state index in [2.05, 4.69) is 15.0 Å². The molecule has 0 saturated carbocycles. The molecule has 1 aromatic carbocycles. The van der Waals surface area contributed by atoms with Crippen LogP contribution in [-0.4, -0.2) is 21.7 Å². The number of rotatable bonds is 3. The van der Waals surface area contributed by atoms with Crippen LogP contribution < -0.4 is 5.73 Å². The van der Waals surface area contributed by atoms with Crippen LogP contribution >= 0.6 is 11.6 Å². The highest BCUT2D eigenvalue weighted by atomic mass is 35.5. The quantitative estimate of drug-likeness (QED) is 0.514. The first-order chi connectivity index (χ1) is 8.29. The fourth-order valence-electron chi connectivity index (χ4n) is 1.33. The average Bonchev–Trinajstić information content (AvgIpc) is 2.40. The molecule has 0 bridgehead atoms. The van der Waals surface area contributed by atoms with Crippen LogP contribution in [0.5, 0.6) is 0 Å². The van der Waals surface area contributed by atoms with Crippen LogP contribution in [-0.2, 0) is 0 Å².